The normalized spacial score (nSPS) is 16.7. The predicted octanol–water partition coefficient (Wildman–Crippen LogP) is -6.75. The molecule has 16 amide bonds. The number of hydrogen-bond acceptors (Lipinski definition) is 25. The molecule has 0 aliphatic carbocycles. The van der Waals surface area contributed by atoms with E-state index in [-0.39, 0.29) is 102 Å². The van der Waals surface area contributed by atoms with Crippen LogP contribution in [0.5, 0.6) is 5.75 Å². The van der Waals surface area contributed by atoms with Crippen LogP contribution in [-0.4, -0.2) is 296 Å². The van der Waals surface area contributed by atoms with Crippen molar-refractivity contribution in [3.8, 4) is 5.75 Å². The van der Waals surface area contributed by atoms with Crippen LogP contribution in [0.25, 0.3) is 0 Å². The summed E-state index contributed by atoms with van der Waals surface area (Å²) >= 11 is 1.21. The van der Waals surface area contributed by atoms with Gasteiger partial charge in [0.25, 0.3) is 0 Å². The Morgan fingerprint density at radius 2 is 0.943 bits per heavy atom. The molecule has 2 saturated heterocycles. The molecule has 0 radical (unpaired) electrons. The number of carbonyl (C=O) groups is 20. The van der Waals surface area contributed by atoms with Crippen molar-refractivity contribution >= 4 is 136 Å². The zero-order valence-corrected chi connectivity index (χ0v) is 70.8. The molecule has 1 aromatic carbocycles. The number of carbonyl (C=O) groups excluding carboxylic acids is 16. The fourth-order valence-electron chi connectivity index (χ4n) is 13.0. The lowest BCUT2D eigenvalue weighted by atomic mass is 9.95. The monoisotopic (exact) mass is 1760 g/mol. The SMILES string of the molecule is CC[C@H](C)[C@H](NC(=O)[C@@H](NC(=O)[C@H](Cc1ccc(O)cc1)NC(=O)[C@@H]1CCCN1C(=O)[C@H](CCC(=O)O)NC(=O)CNC(=O)[C@H](C)N)C(C)C)C(=O)N[C@@H](CCC(=O)O)C(=O)N[C@@H](CCCNC(=N)N)C(=O)NCC(=O)N[C@@H](CCSC)C(=O)N[C@@H](CCC(N)=O)C(=O)N[C@@H](CC(=O)O)C(=O)N1CCC[C@H]1C(=O)N[C@@H](C)C(=O)N[C@@H](CCCCN)C(=O)O. The summed E-state index contributed by atoms with van der Waals surface area (Å²) in [5.41, 5.74) is 22.4. The third kappa shape index (κ3) is 37.5. The quantitative estimate of drug-likeness (QED) is 0.0164. The molecule has 0 bridgehead atoms. The number of guanidine groups is 1. The Morgan fingerprint density at radius 1 is 0.488 bits per heavy atom. The molecule has 0 saturated carbocycles. The van der Waals surface area contributed by atoms with Gasteiger partial charge in [0.1, 0.15) is 84.3 Å². The molecule has 2 fully saturated rings. The van der Waals surface area contributed by atoms with Gasteiger partial charge in [0.05, 0.1) is 25.6 Å². The molecule has 0 unspecified atom stereocenters. The molecule has 47 heteroatoms. The Morgan fingerprint density at radius 3 is 1.44 bits per heavy atom. The molecule has 3 rings (SSSR count). The smallest absolute Gasteiger partial charge is 0.326 e. The van der Waals surface area contributed by atoms with Gasteiger partial charge in [0.2, 0.25) is 94.5 Å². The lowest BCUT2D eigenvalue weighted by molar-refractivity contribution is -0.146. The van der Waals surface area contributed by atoms with Gasteiger partial charge in [-0.25, -0.2) is 4.79 Å². The van der Waals surface area contributed by atoms with E-state index in [1.807, 2.05) is 0 Å². The summed E-state index contributed by atoms with van der Waals surface area (Å²) in [4.78, 5) is 272. The number of carboxylic acid groups (broad SMARTS) is 4. The van der Waals surface area contributed by atoms with Crippen molar-refractivity contribution in [1.29, 1.82) is 5.41 Å². The van der Waals surface area contributed by atoms with Crippen LogP contribution in [0.1, 0.15) is 163 Å². The maximum absolute atomic E-state index is 14.7. The van der Waals surface area contributed by atoms with Gasteiger partial charge < -0.3 is 133 Å². The van der Waals surface area contributed by atoms with Gasteiger partial charge in [-0.05, 0) is 145 Å². The van der Waals surface area contributed by atoms with E-state index in [4.69, 9.17) is 28.3 Å². The number of carboxylic acids is 4. The molecular weight excluding hydrogens is 1640 g/mol. The average Bonchev–Trinajstić information content (AvgIpc) is 1.73. The second-order valence-corrected chi connectivity index (χ2v) is 31.3. The number of aliphatic carboxylic acids is 4. The fraction of sp³-hybridized carbons (Fsp3) is 0.645. The number of phenolic OH excluding ortho intramolecular Hbond substituents is 1. The highest BCUT2D eigenvalue weighted by Crippen LogP contribution is 2.24. The highest BCUT2D eigenvalue weighted by molar-refractivity contribution is 7.98. The molecule has 28 N–H and O–H groups in total. The first kappa shape index (κ1) is 105. The number of nitrogens with two attached hydrogens (primary N) is 4. The molecule has 1 aromatic rings. The van der Waals surface area contributed by atoms with E-state index in [1.165, 1.54) is 63.7 Å². The molecule has 46 nitrogen and oxygen atoms in total. The number of benzene rings is 1. The summed E-state index contributed by atoms with van der Waals surface area (Å²) in [6, 6.07) is -15.5. The van der Waals surface area contributed by atoms with E-state index in [1.54, 1.807) is 20.1 Å². The van der Waals surface area contributed by atoms with E-state index in [2.05, 4.69) is 74.4 Å². The lowest BCUT2D eigenvalue weighted by Gasteiger charge is -2.31. The van der Waals surface area contributed by atoms with Crippen LogP contribution in [0.15, 0.2) is 24.3 Å². The molecular formula is C76H121N21O25S. The van der Waals surface area contributed by atoms with Gasteiger partial charge in [0, 0.05) is 45.3 Å². The predicted molar refractivity (Wildman–Crippen MR) is 439 cm³/mol. The number of primary amides is 1. The van der Waals surface area contributed by atoms with Crippen LogP contribution in [0.4, 0.5) is 0 Å². The Labute approximate surface area is 714 Å². The number of likely N-dealkylation sites (tertiary alicyclic amines) is 2. The maximum Gasteiger partial charge on any atom is 0.326 e. The van der Waals surface area contributed by atoms with Gasteiger partial charge in [-0.2, -0.15) is 11.8 Å². The van der Waals surface area contributed by atoms with Crippen LogP contribution in [0.3, 0.4) is 0 Å². The summed E-state index contributed by atoms with van der Waals surface area (Å²) in [5.74, 6) is -23.4. The van der Waals surface area contributed by atoms with Crippen molar-refractivity contribution in [3.63, 3.8) is 0 Å². The summed E-state index contributed by atoms with van der Waals surface area (Å²) in [6.07, 6.45) is -2.22. The van der Waals surface area contributed by atoms with Crippen LogP contribution in [0.2, 0.25) is 0 Å². The Balaban J connectivity index is 1.89. The van der Waals surface area contributed by atoms with E-state index < -0.39 is 279 Å². The maximum atomic E-state index is 14.7. The first-order valence-electron chi connectivity index (χ1n) is 40.4. The number of unbranched alkanes of at least 4 members (excludes halogenated alkanes) is 1. The van der Waals surface area contributed by atoms with Crippen molar-refractivity contribution in [3.05, 3.63) is 29.8 Å². The Kier molecular flexibility index (Phi) is 45.9. The van der Waals surface area contributed by atoms with Gasteiger partial charge in [-0.15, -0.1) is 0 Å². The van der Waals surface area contributed by atoms with E-state index >= 15 is 0 Å². The van der Waals surface area contributed by atoms with Crippen LogP contribution >= 0.6 is 11.8 Å². The Hall–Kier alpha value is -12.0. The van der Waals surface area contributed by atoms with Crippen molar-refractivity contribution < 1.29 is 121 Å². The minimum atomic E-state index is -1.93. The van der Waals surface area contributed by atoms with Crippen molar-refractivity contribution in [1.82, 2.24) is 84.2 Å². The molecule has 2 aliphatic heterocycles. The molecule has 0 spiro atoms. The molecule has 686 valence electrons. The highest BCUT2D eigenvalue weighted by atomic mass is 32.2. The molecule has 123 heavy (non-hydrogen) atoms. The second kappa shape index (κ2) is 53.7. The second-order valence-electron chi connectivity index (χ2n) is 30.3. The summed E-state index contributed by atoms with van der Waals surface area (Å²) in [6.45, 7) is 7.37. The molecule has 2 heterocycles. The number of aromatic hydroxyl groups is 1. The molecule has 15 atom stereocenters. The van der Waals surface area contributed by atoms with E-state index in [0.717, 1.165) is 9.80 Å². The third-order valence-electron chi connectivity index (χ3n) is 20.0. The topological polar surface area (TPSA) is 745 Å². The lowest BCUT2D eigenvalue weighted by Crippen LogP contribution is -2.62. The minimum absolute atomic E-state index is 0.0105. The molecule has 2 aliphatic rings. The van der Waals surface area contributed by atoms with Crippen LogP contribution in [0, 0.1) is 17.2 Å². The van der Waals surface area contributed by atoms with Gasteiger partial charge in [0.15, 0.2) is 5.96 Å². The number of amides is 16. The van der Waals surface area contributed by atoms with Crippen LogP contribution < -0.4 is 97.4 Å². The summed E-state index contributed by atoms with van der Waals surface area (Å²) in [7, 11) is 0. The zero-order chi connectivity index (χ0) is 92.5. The number of rotatable bonds is 56. The van der Waals surface area contributed by atoms with Gasteiger partial charge >= 0.3 is 23.9 Å². The minimum Gasteiger partial charge on any atom is -0.508 e. The number of nitrogens with zero attached hydrogens (tertiary/aromatic N) is 2. The first-order chi connectivity index (χ1) is 57.9. The largest absolute Gasteiger partial charge is 0.508 e. The highest BCUT2D eigenvalue weighted by Gasteiger charge is 2.44. The van der Waals surface area contributed by atoms with Crippen molar-refractivity contribution in [2.45, 2.75) is 248 Å². The average molecular weight is 1760 g/mol. The standard InChI is InChI=1S/C76H121N21O25S/c1-8-39(4)61(95-71(117)60(38(2)3)94-68(114)50(34-42-18-20-43(98)21-19-42)92-70(116)53-17-13-31-96(53)73(119)48(24-27-58(104)105)87-56(101)36-83-62(108)40(5)78)72(118)90-46(23-26-57(102)103)65(111)88-44(15-11-30-82-76(80)81)64(110)84-37-55(100)86-47(28-33-123-7)67(113)89-45(22-25-54(79)99)66(112)93-51(35-59(106)107)74(120)97-32-12-16-52(97)69(115)85-41(6)63(109)91-49(75(121)122)14-9-10-29-77/h18-21,38-41,44-53,60-61,98H,8-17,22-37,77-78H2,1-7H3,(H2,79,99)(H,83,108)(H,84,110)(H,85,115)(H,86,100)(H,87,101)(H,88,111)(H,89,113)(H,90,118)(H,91,109)(H,92,116)(H,93,112)(H,94,114)(H,95,117)(H,102,103)(H,104,105)(H,106,107)(H,121,122)(H4,80,81,82)/t39-,40-,41-,44-,45-,46-,47-,48-,49-,50-,51-,52-,53-,60-,61-/m0/s1. The fourth-order valence-corrected chi connectivity index (χ4v) is 13.5. The number of phenols is 1. The first-order valence-corrected chi connectivity index (χ1v) is 41.8. The van der Waals surface area contributed by atoms with E-state index in [0.29, 0.717) is 18.4 Å². The van der Waals surface area contributed by atoms with Crippen molar-refractivity contribution in [2.24, 2.45) is 34.8 Å². The van der Waals surface area contributed by atoms with E-state index in [9.17, 15) is 121 Å². The summed E-state index contributed by atoms with van der Waals surface area (Å²) < 4.78 is 0. The van der Waals surface area contributed by atoms with Gasteiger partial charge in [-0.1, -0.05) is 46.2 Å². The number of nitrogens with one attached hydrogen (secondary N) is 15. The number of thioether (sulfide) groups is 1. The zero-order valence-electron chi connectivity index (χ0n) is 69.9. The third-order valence-corrected chi connectivity index (χ3v) is 20.7. The number of hydrogen-bond donors (Lipinski definition) is 24. The van der Waals surface area contributed by atoms with Crippen LogP contribution in [-0.2, 0) is 102 Å². The van der Waals surface area contributed by atoms with Crippen molar-refractivity contribution in [2.75, 3.05) is 51.3 Å². The summed E-state index contributed by atoms with van der Waals surface area (Å²) in [5, 5.41) is 91.0. The Bertz CT molecular complexity index is 3900. The molecule has 0 aromatic heterocycles. The van der Waals surface area contributed by atoms with Gasteiger partial charge in [-0.3, -0.25) is 96.5 Å².